The van der Waals surface area contributed by atoms with Gasteiger partial charge in [-0.3, -0.25) is 4.79 Å². The Morgan fingerprint density at radius 2 is 2.00 bits per heavy atom. The number of benzene rings is 2. The zero-order valence-corrected chi connectivity index (χ0v) is 13.7. The first kappa shape index (κ1) is 15.2. The van der Waals surface area contributed by atoms with Crippen molar-refractivity contribution in [1.82, 2.24) is 5.32 Å². The quantitative estimate of drug-likeness (QED) is 0.884. The Kier molecular flexibility index (Phi) is 4.57. The van der Waals surface area contributed by atoms with Gasteiger partial charge in [0.2, 0.25) is 5.91 Å². The number of carbonyl (C=O) groups excluding carboxylic acids is 1. The van der Waals surface area contributed by atoms with Gasteiger partial charge in [-0.1, -0.05) is 34.1 Å². The fourth-order valence-corrected chi connectivity index (χ4v) is 3.35. The van der Waals surface area contributed by atoms with E-state index < -0.39 is 0 Å². The molecule has 3 rings (SSSR count). The summed E-state index contributed by atoms with van der Waals surface area (Å²) in [5.74, 6) is -0.138. The maximum absolute atomic E-state index is 13.1. The Balaban J connectivity index is 1.51. The molecule has 1 unspecified atom stereocenters. The van der Waals surface area contributed by atoms with Crippen LogP contribution in [0.4, 0.5) is 4.39 Å². The molecular formula is C18H17BrFNO. The van der Waals surface area contributed by atoms with E-state index in [2.05, 4.69) is 33.4 Å². The number of hydrogen-bond donors (Lipinski definition) is 1. The lowest BCUT2D eigenvalue weighted by Crippen LogP contribution is -2.32. The summed E-state index contributed by atoms with van der Waals surface area (Å²) in [6.07, 6.45) is 2.24. The van der Waals surface area contributed by atoms with E-state index in [0.29, 0.717) is 13.0 Å². The van der Waals surface area contributed by atoms with Gasteiger partial charge in [0.1, 0.15) is 5.82 Å². The Hall–Kier alpha value is -1.68. The molecule has 1 N–H and O–H groups in total. The zero-order valence-electron chi connectivity index (χ0n) is 12.1. The second-order valence-electron chi connectivity index (χ2n) is 5.69. The van der Waals surface area contributed by atoms with Crippen molar-refractivity contribution in [3.05, 3.63) is 69.4 Å². The number of amides is 1. The fourth-order valence-electron chi connectivity index (χ4n) is 2.94. The van der Waals surface area contributed by atoms with Gasteiger partial charge in [0.05, 0.1) is 0 Å². The second-order valence-corrected chi connectivity index (χ2v) is 6.60. The molecular weight excluding hydrogens is 345 g/mol. The van der Waals surface area contributed by atoms with Crippen molar-refractivity contribution < 1.29 is 9.18 Å². The van der Waals surface area contributed by atoms with Gasteiger partial charge in [-0.05, 0) is 60.2 Å². The summed E-state index contributed by atoms with van der Waals surface area (Å²) >= 11 is 3.46. The number of carbonyl (C=O) groups is 1. The predicted octanol–water partition coefficient (Wildman–Crippen LogP) is 3.66. The molecule has 0 aromatic heterocycles. The summed E-state index contributed by atoms with van der Waals surface area (Å²) in [5, 5.41) is 2.97. The highest BCUT2D eigenvalue weighted by atomic mass is 79.9. The standard InChI is InChI=1S/C18H17BrFNO/c19-16-5-4-13-9-15(10-14(13)11-16)18(22)21-7-6-12-2-1-3-17(20)8-12/h1-5,8,11,15H,6-7,9-10H2,(H,21,22). The van der Waals surface area contributed by atoms with E-state index in [4.69, 9.17) is 0 Å². The Labute approximate surface area is 137 Å². The molecule has 0 saturated carbocycles. The smallest absolute Gasteiger partial charge is 0.223 e. The number of nitrogens with one attached hydrogen (secondary N) is 1. The topological polar surface area (TPSA) is 29.1 Å². The van der Waals surface area contributed by atoms with Crippen molar-refractivity contribution in [2.24, 2.45) is 5.92 Å². The van der Waals surface area contributed by atoms with Crippen LogP contribution in [0, 0.1) is 11.7 Å². The molecule has 1 amide bonds. The molecule has 1 aliphatic carbocycles. The lowest BCUT2D eigenvalue weighted by Gasteiger charge is -2.10. The largest absolute Gasteiger partial charge is 0.356 e. The monoisotopic (exact) mass is 361 g/mol. The van der Waals surface area contributed by atoms with E-state index in [1.54, 1.807) is 6.07 Å². The van der Waals surface area contributed by atoms with Crippen molar-refractivity contribution in [3.63, 3.8) is 0 Å². The average Bonchev–Trinajstić information content (AvgIpc) is 2.90. The number of rotatable bonds is 4. The van der Waals surface area contributed by atoms with Crippen LogP contribution in [0.3, 0.4) is 0 Å². The number of halogens is 2. The molecule has 0 fully saturated rings. The van der Waals surface area contributed by atoms with E-state index >= 15 is 0 Å². The summed E-state index contributed by atoms with van der Waals surface area (Å²) in [7, 11) is 0. The van der Waals surface area contributed by atoms with Crippen LogP contribution in [0.15, 0.2) is 46.9 Å². The lowest BCUT2D eigenvalue weighted by molar-refractivity contribution is -0.124. The predicted molar refractivity (Wildman–Crippen MR) is 88.2 cm³/mol. The summed E-state index contributed by atoms with van der Waals surface area (Å²) in [5.41, 5.74) is 3.41. The molecule has 1 atom stereocenters. The van der Waals surface area contributed by atoms with E-state index in [9.17, 15) is 9.18 Å². The van der Waals surface area contributed by atoms with Crippen LogP contribution in [0.25, 0.3) is 0 Å². The molecule has 2 aromatic rings. The first-order valence-corrected chi connectivity index (χ1v) is 8.20. The minimum Gasteiger partial charge on any atom is -0.356 e. The third-order valence-electron chi connectivity index (χ3n) is 4.07. The molecule has 2 nitrogen and oxygen atoms in total. The van der Waals surface area contributed by atoms with Crippen LogP contribution in [-0.2, 0) is 24.1 Å². The van der Waals surface area contributed by atoms with E-state index in [1.165, 1.54) is 23.3 Å². The molecule has 0 radical (unpaired) electrons. The van der Waals surface area contributed by atoms with Crippen molar-refractivity contribution in [3.8, 4) is 0 Å². The second kappa shape index (κ2) is 6.61. The van der Waals surface area contributed by atoms with Gasteiger partial charge in [0.15, 0.2) is 0 Å². The van der Waals surface area contributed by atoms with Crippen LogP contribution >= 0.6 is 15.9 Å². The normalized spacial score (nSPS) is 16.4. The minimum atomic E-state index is -0.236. The summed E-state index contributed by atoms with van der Waals surface area (Å²) in [6.45, 7) is 0.541. The van der Waals surface area contributed by atoms with Crippen molar-refractivity contribution in [2.75, 3.05) is 6.54 Å². The maximum atomic E-state index is 13.1. The lowest BCUT2D eigenvalue weighted by atomic mass is 10.1. The Morgan fingerprint density at radius 1 is 1.18 bits per heavy atom. The van der Waals surface area contributed by atoms with Crippen molar-refractivity contribution >= 4 is 21.8 Å². The number of fused-ring (bicyclic) bond motifs is 1. The molecule has 2 aromatic carbocycles. The number of hydrogen-bond acceptors (Lipinski definition) is 1. The van der Waals surface area contributed by atoms with E-state index in [1.807, 2.05) is 12.1 Å². The van der Waals surface area contributed by atoms with Crippen molar-refractivity contribution in [2.45, 2.75) is 19.3 Å². The van der Waals surface area contributed by atoms with Gasteiger partial charge in [0, 0.05) is 16.9 Å². The third-order valence-corrected chi connectivity index (χ3v) is 4.57. The molecule has 1 aliphatic rings. The fraction of sp³-hybridized carbons (Fsp3) is 0.278. The van der Waals surface area contributed by atoms with Gasteiger partial charge >= 0.3 is 0 Å². The minimum absolute atomic E-state index is 0.0109. The molecule has 0 aliphatic heterocycles. The zero-order chi connectivity index (χ0) is 15.5. The van der Waals surface area contributed by atoms with Crippen LogP contribution in [0.2, 0.25) is 0 Å². The maximum Gasteiger partial charge on any atom is 0.223 e. The van der Waals surface area contributed by atoms with Crippen molar-refractivity contribution in [1.29, 1.82) is 0 Å². The molecule has 114 valence electrons. The molecule has 22 heavy (non-hydrogen) atoms. The summed E-state index contributed by atoms with van der Waals surface area (Å²) < 4.78 is 14.1. The Morgan fingerprint density at radius 3 is 2.82 bits per heavy atom. The highest BCUT2D eigenvalue weighted by Gasteiger charge is 2.27. The van der Waals surface area contributed by atoms with Crippen LogP contribution in [0.5, 0.6) is 0 Å². The van der Waals surface area contributed by atoms with Crippen LogP contribution in [0.1, 0.15) is 16.7 Å². The average molecular weight is 362 g/mol. The molecule has 0 saturated heterocycles. The van der Waals surface area contributed by atoms with Gasteiger partial charge in [0.25, 0.3) is 0 Å². The van der Waals surface area contributed by atoms with Crippen LogP contribution < -0.4 is 5.32 Å². The third kappa shape index (κ3) is 3.55. The molecule has 0 heterocycles. The van der Waals surface area contributed by atoms with Gasteiger partial charge in [-0.15, -0.1) is 0 Å². The molecule has 0 bridgehead atoms. The Bertz CT molecular complexity index is 701. The highest BCUT2D eigenvalue weighted by Crippen LogP contribution is 2.29. The van der Waals surface area contributed by atoms with Gasteiger partial charge in [-0.2, -0.15) is 0 Å². The van der Waals surface area contributed by atoms with E-state index in [-0.39, 0.29) is 17.6 Å². The highest BCUT2D eigenvalue weighted by molar-refractivity contribution is 9.10. The first-order chi connectivity index (χ1) is 10.6. The summed E-state index contributed by atoms with van der Waals surface area (Å²) in [4.78, 5) is 12.3. The SMILES string of the molecule is O=C(NCCc1cccc(F)c1)C1Cc2ccc(Br)cc2C1. The molecule has 4 heteroatoms. The summed E-state index contributed by atoms with van der Waals surface area (Å²) in [6, 6.07) is 12.7. The van der Waals surface area contributed by atoms with Gasteiger partial charge < -0.3 is 5.32 Å². The van der Waals surface area contributed by atoms with Gasteiger partial charge in [-0.25, -0.2) is 4.39 Å². The molecule has 0 spiro atoms. The van der Waals surface area contributed by atoms with E-state index in [0.717, 1.165) is 22.9 Å². The first-order valence-electron chi connectivity index (χ1n) is 7.41. The van der Waals surface area contributed by atoms with Crippen LogP contribution in [-0.4, -0.2) is 12.5 Å².